The van der Waals surface area contributed by atoms with Gasteiger partial charge in [0.2, 0.25) is 0 Å². The van der Waals surface area contributed by atoms with Crippen molar-refractivity contribution >= 4 is 12.0 Å². The highest BCUT2D eigenvalue weighted by atomic mass is 19.1. The summed E-state index contributed by atoms with van der Waals surface area (Å²) in [4.78, 5) is 10.8. The first-order valence-corrected chi connectivity index (χ1v) is 5.93. The number of rotatable bonds is 2. The van der Waals surface area contributed by atoms with E-state index in [2.05, 4.69) is 0 Å². The van der Waals surface area contributed by atoms with Crippen LogP contribution in [0.25, 0.3) is 6.08 Å². The lowest BCUT2D eigenvalue weighted by Gasteiger charge is -2.20. The molecule has 0 radical (unpaired) electrons. The number of benzene rings is 1. The van der Waals surface area contributed by atoms with Gasteiger partial charge in [-0.2, -0.15) is 0 Å². The minimum Gasteiger partial charge on any atom is -0.481 e. The lowest BCUT2D eigenvalue weighted by atomic mass is 9.85. The van der Waals surface area contributed by atoms with Gasteiger partial charge in [-0.15, -0.1) is 0 Å². The summed E-state index contributed by atoms with van der Waals surface area (Å²) in [6.45, 7) is 0. The Morgan fingerprint density at radius 2 is 1.72 bits per heavy atom. The van der Waals surface area contributed by atoms with Crippen molar-refractivity contribution in [2.24, 2.45) is 5.92 Å². The van der Waals surface area contributed by atoms with Crippen LogP contribution in [0.1, 0.15) is 31.2 Å². The molecule has 0 unspecified atom stereocenters. The minimum atomic E-state index is -0.758. The molecule has 18 heavy (non-hydrogen) atoms. The number of hydrogen-bond donors (Lipinski definition) is 1. The van der Waals surface area contributed by atoms with Crippen LogP contribution in [0.5, 0.6) is 0 Å². The molecule has 0 amide bonds. The third kappa shape index (κ3) is 3.15. The van der Waals surface area contributed by atoms with Gasteiger partial charge in [0.15, 0.2) is 0 Å². The average molecular weight is 252 g/mol. The molecule has 0 saturated heterocycles. The molecule has 0 spiro atoms. The Kier molecular flexibility index (Phi) is 3.75. The highest BCUT2D eigenvalue weighted by Crippen LogP contribution is 2.29. The molecule has 0 atom stereocenters. The highest BCUT2D eigenvalue weighted by molar-refractivity contribution is 5.70. The molecule has 2 nitrogen and oxygen atoms in total. The molecule has 1 aliphatic rings. The van der Waals surface area contributed by atoms with E-state index in [0.717, 1.165) is 11.6 Å². The van der Waals surface area contributed by atoms with Gasteiger partial charge >= 0.3 is 5.97 Å². The minimum absolute atomic E-state index is 0.286. The Morgan fingerprint density at radius 1 is 1.17 bits per heavy atom. The van der Waals surface area contributed by atoms with E-state index in [-0.39, 0.29) is 5.92 Å². The second-order valence-electron chi connectivity index (χ2n) is 4.62. The molecule has 1 N–H and O–H groups in total. The maximum absolute atomic E-state index is 13.0. The Labute approximate surface area is 104 Å². The maximum Gasteiger partial charge on any atom is 0.306 e. The summed E-state index contributed by atoms with van der Waals surface area (Å²) in [5.41, 5.74) is 1.55. The lowest BCUT2D eigenvalue weighted by molar-refractivity contribution is -0.142. The Balaban J connectivity index is 2.08. The molecule has 0 aromatic heterocycles. The summed E-state index contributed by atoms with van der Waals surface area (Å²) in [7, 11) is 0. The summed E-state index contributed by atoms with van der Waals surface area (Å²) in [5, 5.41) is 8.87. The van der Waals surface area contributed by atoms with Gasteiger partial charge < -0.3 is 5.11 Å². The van der Waals surface area contributed by atoms with Crippen molar-refractivity contribution in [2.75, 3.05) is 0 Å². The van der Waals surface area contributed by atoms with E-state index in [1.807, 2.05) is 0 Å². The number of aliphatic carboxylic acids is 1. The first kappa shape index (κ1) is 12.7. The number of allylic oxidation sites excluding steroid dienone is 1. The third-order valence-corrected chi connectivity index (χ3v) is 3.23. The summed E-state index contributed by atoms with van der Waals surface area (Å²) in [6.07, 6.45) is 4.30. The molecule has 1 fully saturated rings. The molecule has 1 aliphatic carbocycles. The maximum atomic E-state index is 13.0. The monoisotopic (exact) mass is 252 g/mol. The van der Waals surface area contributed by atoms with Crippen molar-refractivity contribution < 1.29 is 18.7 Å². The number of hydrogen-bond acceptors (Lipinski definition) is 1. The fourth-order valence-corrected chi connectivity index (χ4v) is 2.27. The van der Waals surface area contributed by atoms with Crippen LogP contribution >= 0.6 is 0 Å². The largest absolute Gasteiger partial charge is 0.481 e. The van der Waals surface area contributed by atoms with Crippen LogP contribution in [-0.4, -0.2) is 11.1 Å². The molecule has 2 rings (SSSR count). The van der Waals surface area contributed by atoms with E-state index >= 15 is 0 Å². The Morgan fingerprint density at radius 3 is 2.22 bits per heavy atom. The molecular formula is C14H14F2O2. The van der Waals surface area contributed by atoms with Gasteiger partial charge in [-0.25, -0.2) is 8.78 Å². The summed E-state index contributed by atoms with van der Waals surface area (Å²) in [6, 6.07) is 3.39. The molecule has 0 heterocycles. The van der Waals surface area contributed by atoms with Crippen molar-refractivity contribution in [3.8, 4) is 0 Å². The molecule has 0 bridgehead atoms. The molecular weight excluding hydrogens is 238 g/mol. The van der Waals surface area contributed by atoms with Crippen molar-refractivity contribution in [3.05, 3.63) is 41.0 Å². The average Bonchev–Trinajstić information content (AvgIpc) is 2.28. The lowest BCUT2D eigenvalue weighted by Crippen LogP contribution is -2.17. The van der Waals surface area contributed by atoms with Gasteiger partial charge in [0.05, 0.1) is 5.92 Å². The van der Waals surface area contributed by atoms with Crippen molar-refractivity contribution in [3.63, 3.8) is 0 Å². The van der Waals surface area contributed by atoms with Gasteiger partial charge in [-0.1, -0.05) is 11.6 Å². The second-order valence-corrected chi connectivity index (χ2v) is 4.62. The first-order valence-electron chi connectivity index (χ1n) is 5.93. The van der Waals surface area contributed by atoms with E-state index in [1.165, 1.54) is 12.1 Å². The van der Waals surface area contributed by atoms with Gasteiger partial charge in [0.1, 0.15) is 11.6 Å². The topological polar surface area (TPSA) is 37.3 Å². The zero-order chi connectivity index (χ0) is 13.1. The summed E-state index contributed by atoms with van der Waals surface area (Å²) >= 11 is 0. The van der Waals surface area contributed by atoms with Crippen molar-refractivity contribution in [2.45, 2.75) is 25.7 Å². The van der Waals surface area contributed by atoms with Crippen LogP contribution < -0.4 is 0 Å². The number of halogens is 2. The SMILES string of the molecule is O=C(O)C1CCC(=Cc2cc(F)cc(F)c2)CC1. The third-order valence-electron chi connectivity index (χ3n) is 3.23. The molecule has 1 aromatic rings. The van der Waals surface area contributed by atoms with Gasteiger partial charge in [-0.3, -0.25) is 4.79 Å². The van der Waals surface area contributed by atoms with Crippen molar-refractivity contribution in [1.82, 2.24) is 0 Å². The zero-order valence-electron chi connectivity index (χ0n) is 9.83. The fraction of sp³-hybridized carbons (Fsp3) is 0.357. The summed E-state index contributed by atoms with van der Waals surface area (Å²) < 4.78 is 26.0. The molecule has 0 aliphatic heterocycles. The standard InChI is InChI=1S/C14H14F2O2/c15-12-6-10(7-13(16)8-12)5-9-1-3-11(4-2-9)14(17)18/h5-8,11H,1-4H2,(H,17,18). The molecule has 4 heteroatoms. The van der Waals surface area contributed by atoms with Crippen LogP contribution in [0.2, 0.25) is 0 Å². The van der Waals surface area contributed by atoms with E-state index in [0.29, 0.717) is 31.2 Å². The molecule has 96 valence electrons. The zero-order valence-corrected chi connectivity index (χ0v) is 9.83. The fourth-order valence-electron chi connectivity index (χ4n) is 2.27. The molecule has 1 saturated carbocycles. The smallest absolute Gasteiger partial charge is 0.306 e. The number of carboxylic acids is 1. The van der Waals surface area contributed by atoms with Crippen LogP contribution in [0.3, 0.4) is 0 Å². The van der Waals surface area contributed by atoms with E-state index in [9.17, 15) is 13.6 Å². The first-order chi connectivity index (χ1) is 8.54. The van der Waals surface area contributed by atoms with E-state index < -0.39 is 17.6 Å². The normalized spacial score (nSPS) is 19.7. The second kappa shape index (κ2) is 5.29. The molecule has 1 aromatic carbocycles. The summed E-state index contributed by atoms with van der Waals surface area (Å²) in [5.74, 6) is -2.24. The quantitative estimate of drug-likeness (QED) is 0.872. The van der Waals surface area contributed by atoms with Crippen LogP contribution in [0.4, 0.5) is 8.78 Å². The number of carboxylic acid groups (broad SMARTS) is 1. The van der Waals surface area contributed by atoms with Crippen LogP contribution in [-0.2, 0) is 4.79 Å². The van der Waals surface area contributed by atoms with E-state index in [1.54, 1.807) is 6.08 Å². The van der Waals surface area contributed by atoms with Gasteiger partial charge in [0.25, 0.3) is 0 Å². The number of carbonyl (C=O) groups is 1. The van der Waals surface area contributed by atoms with Gasteiger partial charge in [-0.05, 0) is 43.4 Å². The predicted octanol–water partition coefficient (Wildman–Crippen LogP) is 3.62. The Hall–Kier alpha value is -1.71. The Bertz CT molecular complexity index is 464. The van der Waals surface area contributed by atoms with Crippen LogP contribution in [0, 0.1) is 17.6 Å². The predicted molar refractivity (Wildman–Crippen MR) is 63.9 cm³/mol. The van der Waals surface area contributed by atoms with Crippen LogP contribution in [0.15, 0.2) is 23.8 Å². The van der Waals surface area contributed by atoms with Gasteiger partial charge in [0, 0.05) is 6.07 Å². The van der Waals surface area contributed by atoms with Crippen molar-refractivity contribution in [1.29, 1.82) is 0 Å². The van der Waals surface area contributed by atoms with E-state index in [4.69, 9.17) is 5.11 Å². The highest BCUT2D eigenvalue weighted by Gasteiger charge is 2.22.